The highest BCUT2D eigenvalue weighted by atomic mass is 16.7. The van der Waals surface area contributed by atoms with Gasteiger partial charge in [-0.2, -0.15) is 0 Å². The smallest absolute Gasteiger partial charge is 0.202 e. The van der Waals surface area contributed by atoms with Crippen molar-refractivity contribution in [3.05, 3.63) is 60.6 Å². The number of ether oxygens (including phenoxy) is 3. The van der Waals surface area contributed by atoms with Crippen molar-refractivity contribution in [1.82, 2.24) is 0 Å². The lowest BCUT2D eigenvalue weighted by atomic mass is 9.51. The molecule has 0 spiro atoms. The first kappa shape index (κ1) is 22.5. The van der Waals surface area contributed by atoms with E-state index in [9.17, 15) is 0 Å². The highest BCUT2D eigenvalue weighted by molar-refractivity contribution is 5.36. The van der Waals surface area contributed by atoms with E-state index in [2.05, 4.69) is 32.9 Å². The predicted octanol–water partition coefficient (Wildman–Crippen LogP) is 7.24. The van der Waals surface area contributed by atoms with Crippen LogP contribution in [0.1, 0.15) is 71.1 Å². The Bertz CT molecular complexity index is 769. The first-order chi connectivity index (χ1) is 15.0. The first-order valence-electron chi connectivity index (χ1n) is 12.2. The summed E-state index contributed by atoms with van der Waals surface area (Å²) >= 11 is 0. The summed E-state index contributed by atoms with van der Waals surface area (Å²) in [7, 11) is 1.67. The number of hydrogen-bond acceptors (Lipinski definition) is 3. The molecule has 5 atom stereocenters. The molecule has 170 valence electrons. The van der Waals surface area contributed by atoms with Crippen LogP contribution in [0.3, 0.4) is 0 Å². The number of methoxy groups -OCH3 is 1. The molecule has 1 unspecified atom stereocenters. The van der Waals surface area contributed by atoms with Gasteiger partial charge in [-0.05, 0) is 79.8 Å². The maximum Gasteiger partial charge on any atom is 0.202 e. The number of fused-ring (bicyclic) bond motifs is 3. The normalized spacial score (nSPS) is 36.1. The Labute approximate surface area is 188 Å². The molecule has 1 aliphatic heterocycles. The van der Waals surface area contributed by atoms with Crippen molar-refractivity contribution in [3.8, 4) is 0 Å². The zero-order valence-corrected chi connectivity index (χ0v) is 19.5. The van der Waals surface area contributed by atoms with Crippen LogP contribution in [-0.2, 0) is 14.2 Å². The second-order valence-corrected chi connectivity index (χ2v) is 10.3. The van der Waals surface area contributed by atoms with Gasteiger partial charge >= 0.3 is 0 Å². The highest BCUT2D eigenvalue weighted by Crippen LogP contribution is 2.59. The summed E-state index contributed by atoms with van der Waals surface area (Å²) in [5.74, 6) is 1.59. The average Bonchev–Trinajstić information content (AvgIpc) is 3.31. The van der Waals surface area contributed by atoms with Gasteiger partial charge < -0.3 is 14.2 Å². The molecule has 3 heteroatoms. The van der Waals surface area contributed by atoms with E-state index in [1.807, 2.05) is 6.08 Å². The van der Waals surface area contributed by atoms with Crippen molar-refractivity contribution in [2.75, 3.05) is 7.11 Å². The Balaban J connectivity index is 1.48. The Morgan fingerprint density at radius 1 is 1.26 bits per heavy atom. The van der Waals surface area contributed by atoms with Crippen LogP contribution in [0.15, 0.2) is 60.6 Å². The van der Waals surface area contributed by atoms with Crippen LogP contribution in [0.2, 0.25) is 0 Å². The molecule has 0 radical (unpaired) electrons. The van der Waals surface area contributed by atoms with Crippen LogP contribution < -0.4 is 0 Å². The fourth-order valence-electron chi connectivity index (χ4n) is 6.77. The maximum absolute atomic E-state index is 6.54. The first-order valence-corrected chi connectivity index (χ1v) is 12.2. The van der Waals surface area contributed by atoms with Gasteiger partial charge in [0.2, 0.25) is 6.29 Å². The minimum atomic E-state index is -0.0248. The lowest BCUT2D eigenvalue weighted by Crippen LogP contribution is -2.49. The van der Waals surface area contributed by atoms with E-state index < -0.39 is 0 Å². The van der Waals surface area contributed by atoms with E-state index in [0.717, 1.165) is 43.3 Å². The fourth-order valence-corrected chi connectivity index (χ4v) is 6.77. The highest BCUT2D eigenvalue weighted by Gasteiger charge is 2.52. The summed E-state index contributed by atoms with van der Waals surface area (Å²) in [6, 6.07) is 0. The second-order valence-electron chi connectivity index (χ2n) is 10.3. The molecule has 4 aliphatic rings. The number of rotatable bonds is 7. The van der Waals surface area contributed by atoms with Crippen LogP contribution in [0.5, 0.6) is 0 Å². The minimum absolute atomic E-state index is 0.0248. The van der Waals surface area contributed by atoms with Crippen molar-refractivity contribution in [3.63, 3.8) is 0 Å². The van der Waals surface area contributed by atoms with Gasteiger partial charge in [-0.3, -0.25) is 0 Å². The molecule has 0 aromatic rings. The summed E-state index contributed by atoms with van der Waals surface area (Å²) < 4.78 is 17.9. The molecule has 0 aromatic heterocycles. The Morgan fingerprint density at radius 2 is 2.03 bits per heavy atom. The van der Waals surface area contributed by atoms with Gasteiger partial charge in [-0.25, -0.2) is 0 Å². The minimum Gasteiger partial charge on any atom is -0.504 e. The molecule has 0 amide bonds. The van der Waals surface area contributed by atoms with E-state index in [0.29, 0.717) is 17.8 Å². The number of allylic oxidation sites excluding steroid dienone is 4. The second kappa shape index (κ2) is 9.40. The van der Waals surface area contributed by atoms with Gasteiger partial charge in [0.1, 0.15) is 0 Å². The summed E-state index contributed by atoms with van der Waals surface area (Å²) in [4.78, 5) is 0. The molecule has 3 nitrogen and oxygen atoms in total. The van der Waals surface area contributed by atoms with Gasteiger partial charge in [0.05, 0.1) is 25.7 Å². The van der Waals surface area contributed by atoms with Crippen molar-refractivity contribution >= 4 is 0 Å². The van der Waals surface area contributed by atoms with Gasteiger partial charge in [-0.15, -0.1) is 0 Å². The van der Waals surface area contributed by atoms with Crippen LogP contribution >= 0.6 is 0 Å². The standard InChI is InChI=1S/C28H40O3/c1-6-21(17-29-5)19(2)11-13-24-20(3)12-14-25-23-18-30-27(22-9-7-8-10-22)31-26(23)15-16-28(24,25)4/h6,17-18,22,24-27H,1-3,7-16H2,4-5H3/b21-17+/t24-,25?,26-,27-,28+/m1/s1. The lowest BCUT2D eigenvalue weighted by molar-refractivity contribution is -0.192. The molecular formula is C28H40O3. The van der Waals surface area contributed by atoms with Gasteiger partial charge in [0.15, 0.2) is 0 Å². The van der Waals surface area contributed by atoms with Crippen LogP contribution in [-0.4, -0.2) is 19.5 Å². The quantitative estimate of drug-likeness (QED) is 0.245. The monoisotopic (exact) mass is 424 g/mol. The Morgan fingerprint density at radius 3 is 2.74 bits per heavy atom. The van der Waals surface area contributed by atoms with Crippen molar-refractivity contribution in [1.29, 1.82) is 0 Å². The fraction of sp³-hybridized carbons (Fsp3) is 0.643. The van der Waals surface area contributed by atoms with E-state index in [-0.39, 0.29) is 17.8 Å². The molecule has 0 bridgehead atoms. The molecule has 3 fully saturated rings. The molecule has 3 saturated carbocycles. The third kappa shape index (κ3) is 4.31. The van der Waals surface area contributed by atoms with Crippen LogP contribution in [0.25, 0.3) is 0 Å². The molecule has 4 rings (SSSR count). The van der Waals surface area contributed by atoms with Crippen LogP contribution in [0, 0.1) is 23.2 Å². The largest absolute Gasteiger partial charge is 0.504 e. The zero-order valence-electron chi connectivity index (χ0n) is 19.5. The van der Waals surface area contributed by atoms with Gasteiger partial charge in [0.25, 0.3) is 0 Å². The molecule has 1 heterocycles. The van der Waals surface area contributed by atoms with E-state index in [1.54, 1.807) is 13.4 Å². The van der Waals surface area contributed by atoms with Gasteiger partial charge in [0, 0.05) is 11.5 Å². The Kier molecular flexibility index (Phi) is 6.81. The molecular weight excluding hydrogens is 384 g/mol. The molecule has 31 heavy (non-hydrogen) atoms. The van der Waals surface area contributed by atoms with E-state index >= 15 is 0 Å². The summed E-state index contributed by atoms with van der Waals surface area (Å²) in [5, 5.41) is 0. The van der Waals surface area contributed by atoms with Crippen molar-refractivity contribution < 1.29 is 14.2 Å². The summed E-state index contributed by atoms with van der Waals surface area (Å²) in [6.45, 7) is 15.2. The summed E-state index contributed by atoms with van der Waals surface area (Å²) in [5.41, 5.74) is 5.11. The number of hydrogen-bond donors (Lipinski definition) is 0. The topological polar surface area (TPSA) is 27.7 Å². The Hall–Kier alpha value is -1.74. The molecule has 0 aromatic carbocycles. The lowest BCUT2D eigenvalue weighted by Gasteiger charge is -2.55. The maximum atomic E-state index is 6.54. The molecule has 3 aliphatic carbocycles. The predicted molar refractivity (Wildman–Crippen MR) is 126 cm³/mol. The van der Waals surface area contributed by atoms with E-state index in [1.165, 1.54) is 43.3 Å². The summed E-state index contributed by atoms with van der Waals surface area (Å²) in [6.07, 6.45) is 17.6. The molecule has 0 N–H and O–H groups in total. The average molecular weight is 425 g/mol. The third-order valence-electron chi connectivity index (χ3n) is 8.59. The molecule has 0 saturated heterocycles. The van der Waals surface area contributed by atoms with Crippen molar-refractivity contribution in [2.24, 2.45) is 23.2 Å². The van der Waals surface area contributed by atoms with Crippen LogP contribution in [0.4, 0.5) is 0 Å². The van der Waals surface area contributed by atoms with Crippen molar-refractivity contribution in [2.45, 2.75) is 83.5 Å². The zero-order chi connectivity index (χ0) is 22.0. The SMILES string of the molecule is C=C/C(=C\OC)C(=C)CC[C@@H]1C(=C)CCC2C3=CO[C@@H](C4CCCC4)O[C@@H]3CC[C@]21C. The van der Waals surface area contributed by atoms with E-state index in [4.69, 9.17) is 14.2 Å². The van der Waals surface area contributed by atoms with Gasteiger partial charge in [-0.1, -0.05) is 51.2 Å². The third-order valence-corrected chi connectivity index (χ3v) is 8.59.